The van der Waals surface area contributed by atoms with Gasteiger partial charge in [-0.25, -0.2) is 0 Å². The van der Waals surface area contributed by atoms with Gasteiger partial charge >= 0.3 is 0 Å². The van der Waals surface area contributed by atoms with Crippen molar-refractivity contribution in [3.05, 3.63) is 0 Å². The number of nitrogens with one attached hydrogen (secondary N) is 1. The van der Waals surface area contributed by atoms with Gasteiger partial charge in [0.25, 0.3) is 5.91 Å². The summed E-state index contributed by atoms with van der Waals surface area (Å²) in [6, 6.07) is 0. The third-order valence-electron chi connectivity index (χ3n) is 5.50. The van der Waals surface area contributed by atoms with Crippen LogP contribution in [-0.4, -0.2) is 46.8 Å². The molecule has 24 heavy (non-hydrogen) atoms. The number of carbonyl (C=O) groups is 2. The van der Waals surface area contributed by atoms with Crippen molar-refractivity contribution >= 4 is 28.7 Å². The molecule has 134 valence electrons. The molecule has 2 heterocycles. The van der Waals surface area contributed by atoms with Crippen molar-refractivity contribution in [2.75, 3.05) is 19.6 Å². The zero-order valence-electron chi connectivity index (χ0n) is 14.6. The van der Waals surface area contributed by atoms with E-state index in [0.29, 0.717) is 11.8 Å². The highest BCUT2D eigenvalue weighted by Gasteiger charge is 2.32. The number of hydrogen-bond acceptors (Lipinski definition) is 4. The minimum atomic E-state index is -0.328. The van der Waals surface area contributed by atoms with Gasteiger partial charge < -0.3 is 10.2 Å². The van der Waals surface area contributed by atoms with Crippen LogP contribution in [0, 0.1) is 11.8 Å². The van der Waals surface area contributed by atoms with Crippen LogP contribution in [0.1, 0.15) is 58.3 Å². The number of amides is 2. The predicted octanol–water partition coefficient (Wildman–Crippen LogP) is 2.80. The summed E-state index contributed by atoms with van der Waals surface area (Å²) in [6.45, 7) is 4.80. The van der Waals surface area contributed by atoms with Crippen molar-refractivity contribution in [2.24, 2.45) is 16.8 Å². The minimum absolute atomic E-state index is 0.108. The number of carbonyl (C=O) groups excluding carboxylic acids is 2. The summed E-state index contributed by atoms with van der Waals surface area (Å²) in [6.07, 6.45) is 8.96. The number of aliphatic imine (C=N–C) groups is 1. The fraction of sp³-hybridized carbons (Fsp3) is 0.833. The molecule has 2 amide bonds. The molecule has 0 aromatic rings. The van der Waals surface area contributed by atoms with E-state index in [-0.39, 0.29) is 23.5 Å². The number of rotatable bonds is 4. The van der Waals surface area contributed by atoms with Crippen molar-refractivity contribution in [3.8, 4) is 0 Å². The summed E-state index contributed by atoms with van der Waals surface area (Å²) in [5.74, 6) is 1.37. The normalized spacial score (nSPS) is 26.5. The van der Waals surface area contributed by atoms with Crippen molar-refractivity contribution in [2.45, 2.75) is 63.5 Å². The standard InChI is InChI=1S/C18H29N3O2S/c1-13-7-9-21(10-8-13)16(22)11-15-17(23)20-18(24-15)19-12-14-5-3-2-4-6-14/h13-15H,2-12H2,1H3,(H,19,20,23). The quantitative estimate of drug-likeness (QED) is 0.846. The Labute approximate surface area is 149 Å². The van der Waals surface area contributed by atoms with E-state index < -0.39 is 0 Å². The Kier molecular flexibility index (Phi) is 6.19. The maximum Gasteiger partial charge on any atom is 0.262 e. The van der Waals surface area contributed by atoms with E-state index in [9.17, 15) is 9.59 Å². The van der Waals surface area contributed by atoms with Gasteiger partial charge in [-0.1, -0.05) is 37.9 Å². The van der Waals surface area contributed by atoms with Crippen LogP contribution < -0.4 is 5.32 Å². The first-order valence-corrected chi connectivity index (χ1v) is 10.3. The van der Waals surface area contributed by atoms with Gasteiger partial charge in [-0.05, 0) is 37.5 Å². The first-order chi connectivity index (χ1) is 11.6. The second kappa shape index (κ2) is 8.37. The lowest BCUT2D eigenvalue weighted by Gasteiger charge is -2.30. The molecule has 0 radical (unpaired) electrons. The minimum Gasteiger partial charge on any atom is -0.364 e. The number of thioether (sulfide) groups is 1. The van der Waals surface area contributed by atoms with Gasteiger partial charge in [0.2, 0.25) is 5.91 Å². The highest BCUT2D eigenvalue weighted by molar-refractivity contribution is 8.15. The Morgan fingerprint density at radius 3 is 2.62 bits per heavy atom. The number of amidine groups is 1. The molecule has 1 unspecified atom stereocenters. The zero-order chi connectivity index (χ0) is 16.9. The first kappa shape index (κ1) is 17.8. The molecule has 1 saturated heterocycles. The molecule has 5 nitrogen and oxygen atoms in total. The fourth-order valence-electron chi connectivity index (χ4n) is 3.76. The van der Waals surface area contributed by atoms with Gasteiger partial charge in [0.15, 0.2) is 5.17 Å². The van der Waals surface area contributed by atoms with Crippen molar-refractivity contribution in [1.82, 2.24) is 10.2 Å². The molecule has 0 aromatic heterocycles. The third-order valence-corrected chi connectivity index (χ3v) is 6.62. The molecule has 1 aliphatic carbocycles. The summed E-state index contributed by atoms with van der Waals surface area (Å²) >= 11 is 1.44. The van der Waals surface area contributed by atoms with E-state index in [2.05, 4.69) is 17.2 Å². The highest BCUT2D eigenvalue weighted by Crippen LogP contribution is 2.27. The lowest BCUT2D eigenvalue weighted by molar-refractivity contribution is -0.133. The number of piperidine rings is 1. The van der Waals surface area contributed by atoms with Crippen LogP contribution in [0.25, 0.3) is 0 Å². The second-order valence-corrected chi connectivity index (χ2v) is 8.71. The number of nitrogens with zero attached hydrogens (tertiary/aromatic N) is 2. The smallest absolute Gasteiger partial charge is 0.262 e. The Morgan fingerprint density at radius 1 is 1.21 bits per heavy atom. The van der Waals surface area contributed by atoms with E-state index in [1.54, 1.807) is 0 Å². The summed E-state index contributed by atoms with van der Waals surface area (Å²) in [5.41, 5.74) is 0. The van der Waals surface area contributed by atoms with Crippen molar-refractivity contribution in [3.63, 3.8) is 0 Å². The van der Waals surface area contributed by atoms with Gasteiger partial charge in [0.1, 0.15) is 5.25 Å². The van der Waals surface area contributed by atoms with Crippen LogP contribution >= 0.6 is 11.8 Å². The van der Waals surface area contributed by atoms with Gasteiger partial charge in [-0.15, -0.1) is 0 Å². The van der Waals surface area contributed by atoms with Crippen LogP contribution in [0.2, 0.25) is 0 Å². The third kappa shape index (κ3) is 4.74. The monoisotopic (exact) mass is 351 g/mol. The molecule has 0 bridgehead atoms. The Morgan fingerprint density at radius 2 is 1.92 bits per heavy atom. The van der Waals surface area contributed by atoms with E-state index in [0.717, 1.165) is 37.6 Å². The topological polar surface area (TPSA) is 61.8 Å². The van der Waals surface area contributed by atoms with Crippen LogP contribution in [0.5, 0.6) is 0 Å². The van der Waals surface area contributed by atoms with Crippen LogP contribution in [0.3, 0.4) is 0 Å². The maximum atomic E-state index is 12.4. The van der Waals surface area contributed by atoms with Gasteiger partial charge in [0, 0.05) is 26.1 Å². The predicted molar refractivity (Wildman–Crippen MR) is 98.0 cm³/mol. The number of likely N-dealkylation sites (tertiary alicyclic amines) is 1. The lowest BCUT2D eigenvalue weighted by atomic mass is 9.89. The lowest BCUT2D eigenvalue weighted by Crippen LogP contribution is -2.39. The van der Waals surface area contributed by atoms with Crippen LogP contribution in [-0.2, 0) is 9.59 Å². The molecule has 3 rings (SSSR count). The molecule has 6 heteroatoms. The van der Waals surface area contributed by atoms with Crippen molar-refractivity contribution < 1.29 is 9.59 Å². The SMILES string of the molecule is CC1CCN(C(=O)CC2SC(NCC3CCCCC3)=NC2=O)CC1. The van der Waals surface area contributed by atoms with Gasteiger partial charge in [0.05, 0.1) is 0 Å². The summed E-state index contributed by atoms with van der Waals surface area (Å²) in [4.78, 5) is 30.5. The molecule has 3 aliphatic rings. The summed E-state index contributed by atoms with van der Waals surface area (Å²) < 4.78 is 0. The average Bonchev–Trinajstić information content (AvgIpc) is 2.94. The maximum absolute atomic E-state index is 12.4. The summed E-state index contributed by atoms with van der Waals surface area (Å²) in [5, 5.41) is 3.73. The van der Waals surface area contributed by atoms with E-state index in [1.807, 2.05) is 4.90 Å². The Bertz CT molecular complexity index is 494. The van der Waals surface area contributed by atoms with Gasteiger partial charge in [-0.3, -0.25) is 9.59 Å². The van der Waals surface area contributed by atoms with E-state index >= 15 is 0 Å². The molecule has 2 aliphatic heterocycles. The van der Waals surface area contributed by atoms with Gasteiger partial charge in [-0.2, -0.15) is 4.99 Å². The summed E-state index contributed by atoms with van der Waals surface area (Å²) in [7, 11) is 0. The Balaban J connectivity index is 1.41. The molecule has 0 spiro atoms. The Hall–Kier alpha value is -1.04. The van der Waals surface area contributed by atoms with E-state index in [1.165, 1.54) is 43.9 Å². The molecule has 2 fully saturated rings. The largest absolute Gasteiger partial charge is 0.364 e. The van der Waals surface area contributed by atoms with Crippen molar-refractivity contribution in [1.29, 1.82) is 0 Å². The number of hydrogen-bond donors (Lipinski definition) is 1. The molecule has 1 saturated carbocycles. The molecular formula is C18H29N3O2S. The van der Waals surface area contributed by atoms with E-state index in [4.69, 9.17) is 0 Å². The highest BCUT2D eigenvalue weighted by atomic mass is 32.2. The molecule has 0 aromatic carbocycles. The molecule has 1 N–H and O–H groups in total. The zero-order valence-corrected chi connectivity index (χ0v) is 15.4. The van der Waals surface area contributed by atoms with Crippen LogP contribution in [0.15, 0.2) is 4.99 Å². The molecular weight excluding hydrogens is 322 g/mol. The van der Waals surface area contributed by atoms with Crippen LogP contribution in [0.4, 0.5) is 0 Å². The average molecular weight is 352 g/mol. The first-order valence-electron chi connectivity index (χ1n) is 9.42. The fourth-order valence-corrected chi connectivity index (χ4v) is 4.72. The second-order valence-electron chi connectivity index (χ2n) is 7.51. The molecule has 1 atom stereocenters.